The van der Waals surface area contributed by atoms with Crippen LogP contribution in [0.15, 0.2) is 54.9 Å². The number of carbonyl (C=O) groups excluding carboxylic acids is 1. The molecule has 1 aromatic heterocycles. The van der Waals surface area contributed by atoms with E-state index in [1.54, 1.807) is 12.4 Å². The highest BCUT2D eigenvalue weighted by atomic mass is 16.3. The van der Waals surface area contributed by atoms with Gasteiger partial charge in [0.2, 0.25) is 5.91 Å². The molecule has 3 rings (SSSR count). The normalized spacial score (nSPS) is 16.8. The van der Waals surface area contributed by atoms with E-state index in [4.69, 9.17) is 0 Å². The highest BCUT2D eigenvalue weighted by Gasteiger charge is 2.23. The molecule has 1 aliphatic rings. The monoisotopic (exact) mass is 325 g/mol. The highest BCUT2D eigenvalue weighted by molar-refractivity contribution is 5.77. The minimum atomic E-state index is -0.728. The van der Waals surface area contributed by atoms with E-state index in [9.17, 15) is 9.90 Å². The van der Waals surface area contributed by atoms with Crippen molar-refractivity contribution in [1.29, 1.82) is 0 Å². The lowest BCUT2D eigenvalue weighted by Crippen LogP contribution is -2.48. The zero-order valence-electron chi connectivity index (χ0n) is 13.7. The Balaban J connectivity index is 1.47. The van der Waals surface area contributed by atoms with Gasteiger partial charge < -0.3 is 10.0 Å². The van der Waals surface area contributed by atoms with Crippen LogP contribution in [0.4, 0.5) is 0 Å². The first-order chi connectivity index (χ1) is 11.7. The minimum Gasteiger partial charge on any atom is -0.388 e. The summed E-state index contributed by atoms with van der Waals surface area (Å²) in [5.74, 6) is 0.0231. The van der Waals surface area contributed by atoms with Crippen molar-refractivity contribution in [2.75, 3.05) is 26.2 Å². The molecular weight excluding hydrogens is 302 g/mol. The SMILES string of the molecule is O=C(CC(O)c1ccccc1)N1CCN(Cc2ccncc2)CC1. The molecule has 0 bridgehead atoms. The van der Waals surface area contributed by atoms with E-state index in [1.165, 1.54) is 5.56 Å². The van der Waals surface area contributed by atoms with Crippen molar-refractivity contribution in [3.8, 4) is 0 Å². The molecule has 1 N–H and O–H groups in total. The zero-order chi connectivity index (χ0) is 16.8. The first kappa shape index (κ1) is 16.6. The lowest BCUT2D eigenvalue weighted by Gasteiger charge is -2.35. The molecule has 2 heterocycles. The summed E-state index contributed by atoms with van der Waals surface area (Å²) in [5, 5.41) is 10.2. The Bertz CT molecular complexity index is 640. The molecule has 1 fully saturated rings. The fourth-order valence-electron chi connectivity index (χ4n) is 2.99. The van der Waals surface area contributed by atoms with Gasteiger partial charge in [-0.05, 0) is 23.3 Å². The number of hydrogen-bond acceptors (Lipinski definition) is 4. The summed E-state index contributed by atoms with van der Waals surface area (Å²) in [5.41, 5.74) is 2.03. The summed E-state index contributed by atoms with van der Waals surface area (Å²) in [6.45, 7) is 4.03. The molecule has 0 aliphatic carbocycles. The Morgan fingerprint density at radius 3 is 2.38 bits per heavy atom. The van der Waals surface area contributed by atoms with Crippen LogP contribution in [0.1, 0.15) is 23.7 Å². The Kier molecular flexibility index (Phi) is 5.56. The van der Waals surface area contributed by atoms with Crippen LogP contribution >= 0.6 is 0 Å². The van der Waals surface area contributed by atoms with Crippen LogP contribution in [-0.4, -0.2) is 52.0 Å². The molecule has 1 saturated heterocycles. The maximum absolute atomic E-state index is 12.4. The van der Waals surface area contributed by atoms with E-state index in [0.29, 0.717) is 13.1 Å². The Morgan fingerprint density at radius 2 is 1.71 bits per heavy atom. The second-order valence-corrected chi connectivity index (χ2v) is 6.14. The topological polar surface area (TPSA) is 56.7 Å². The van der Waals surface area contributed by atoms with Gasteiger partial charge in [-0.25, -0.2) is 0 Å². The van der Waals surface area contributed by atoms with E-state index < -0.39 is 6.10 Å². The molecule has 0 radical (unpaired) electrons. The van der Waals surface area contributed by atoms with E-state index in [2.05, 4.69) is 9.88 Å². The molecule has 1 atom stereocenters. The fraction of sp³-hybridized carbons (Fsp3) is 0.368. The molecular formula is C19H23N3O2. The number of benzene rings is 1. The van der Waals surface area contributed by atoms with Gasteiger partial charge in [0.15, 0.2) is 0 Å². The second kappa shape index (κ2) is 8.04. The number of amides is 1. The van der Waals surface area contributed by atoms with Crippen molar-refractivity contribution in [1.82, 2.24) is 14.8 Å². The molecule has 5 nitrogen and oxygen atoms in total. The molecule has 0 spiro atoms. The number of aliphatic hydroxyl groups excluding tert-OH is 1. The third-order valence-electron chi connectivity index (χ3n) is 4.43. The summed E-state index contributed by atoms with van der Waals surface area (Å²) >= 11 is 0. The van der Waals surface area contributed by atoms with Gasteiger partial charge in [0, 0.05) is 45.1 Å². The van der Waals surface area contributed by atoms with Gasteiger partial charge in [0.05, 0.1) is 12.5 Å². The number of carbonyl (C=O) groups is 1. The summed E-state index contributed by atoms with van der Waals surface area (Å²) in [6.07, 6.45) is 3.03. The number of nitrogens with zero attached hydrogens (tertiary/aromatic N) is 3. The van der Waals surface area contributed by atoms with Crippen molar-refractivity contribution in [3.05, 3.63) is 66.0 Å². The third kappa shape index (κ3) is 4.40. The van der Waals surface area contributed by atoms with Gasteiger partial charge in [-0.3, -0.25) is 14.7 Å². The van der Waals surface area contributed by atoms with Gasteiger partial charge in [-0.1, -0.05) is 30.3 Å². The highest BCUT2D eigenvalue weighted by Crippen LogP contribution is 2.18. The molecule has 24 heavy (non-hydrogen) atoms. The second-order valence-electron chi connectivity index (χ2n) is 6.14. The van der Waals surface area contributed by atoms with Crippen molar-refractivity contribution in [2.24, 2.45) is 0 Å². The van der Waals surface area contributed by atoms with Crippen molar-refractivity contribution >= 4 is 5.91 Å². The number of rotatable bonds is 5. The van der Waals surface area contributed by atoms with Crippen LogP contribution < -0.4 is 0 Å². The van der Waals surface area contributed by atoms with Gasteiger partial charge >= 0.3 is 0 Å². The van der Waals surface area contributed by atoms with Gasteiger partial charge in [0.25, 0.3) is 0 Å². The molecule has 126 valence electrons. The zero-order valence-corrected chi connectivity index (χ0v) is 13.7. The molecule has 1 aliphatic heterocycles. The van der Waals surface area contributed by atoms with Crippen LogP contribution in [0, 0.1) is 0 Å². The molecule has 1 aromatic carbocycles. The van der Waals surface area contributed by atoms with Crippen LogP contribution in [0.2, 0.25) is 0 Å². The number of hydrogen-bond donors (Lipinski definition) is 1. The third-order valence-corrected chi connectivity index (χ3v) is 4.43. The lowest BCUT2D eigenvalue weighted by molar-refractivity contribution is -0.135. The lowest BCUT2D eigenvalue weighted by atomic mass is 10.1. The summed E-state index contributed by atoms with van der Waals surface area (Å²) in [6, 6.07) is 13.4. The van der Waals surface area contributed by atoms with E-state index in [1.807, 2.05) is 47.4 Å². The minimum absolute atomic E-state index is 0.0231. The first-order valence-corrected chi connectivity index (χ1v) is 8.34. The average molecular weight is 325 g/mol. The van der Waals surface area contributed by atoms with Crippen LogP contribution in [0.5, 0.6) is 0 Å². The van der Waals surface area contributed by atoms with Crippen molar-refractivity contribution in [3.63, 3.8) is 0 Å². The Labute approximate surface area is 142 Å². The summed E-state index contributed by atoms with van der Waals surface area (Å²) in [4.78, 5) is 20.6. The number of aromatic nitrogens is 1. The molecule has 2 aromatic rings. The van der Waals surface area contributed by atoms with Crippen molar-refractivity contribution in [2.45, 2.75) is 19.1 Å². The quantitative estimate of drug-likeness (QED) is 0.911. The standard InChI is InChI=1S/C19H23N3O2/c23-18(17-4-2-1-3-5-17)14-19(24)22-12-10-21(11-13-22)15-16-6-8-20-9-7-16/h1-9,18,23H,10-15H2. The van der Waals surface area contributed by atoms with E-state index in [-0.39, 0.29) is 12.3 Å². The predicted molar refractivity (Wildman–Crippen MR) is 92.1 cm³/mol. The fourth-order valence-corrected chi connectivity index (χ4v) is 2.99. The van der Waals surface area contributed by atoms with Gasteiger partial charge in [-0.2, -0.15) is 0 Å². The maximum atomic E-state index is 12.4. The van der Waals surface area contributed by atoms with E-state index in [0.717, 1.165) is 25.2 Å². The van der Waals surface area contributed by atoms with Gasteiger partial charge in [0.1, 0.15) is 0 Å². The number of piperazine rings is 1. The van der Waals surface area contributed by atoms with Gasteiger partial charge in [-0.15, -0.1) is 0 Å². The largest absolute Gasteiger partial charge is 0.388 e. The van der Waals surface area contributed by atoms with E-state index >= 15 is 0 Å². The number of pyridine rings is 1. The Morgan fingerprint density at radius 1 is 1.04 bits per heavy atom. The van der Waals surface area contributed by atoms with Crippen LogP contribution in [0.3, 0.4) is 0 Å². The first-order valence-electron chi connectivity index (χ1n) is 8.34. The average Bonchev–Trinajstić information content (AvgIpc) is 2.64. The molecule has 5 heteroatoms. The summed E-state index contributed by atoms with van der Waals surface area (Å²) < 4.78 is 0. The van der Waals surface area contributed by atoms with Crippen molar-refractivity contribution < 1.29 is 9.90 Å². The molecule has 0 saturated carbocycles. The van der Waals surface area contributed by atoms with Crippen LogP contribution in [-0.2, 0) is 11.3 Å². The molecule has 1 unspecified atom stereocenters. The maximum Gasteiger partial charge on any atom is 0.225 e. The smallest absolute Gasteiger partial charge is 0.225 e. The predicted octanol–water partition coefficient (Wildman–Crippen LogP) is 1.85. The summed E-state index contributed by atoms with van der Waals surface area (Å²) in [7, 11) is 0. The number of aliphatic hydroxyl groups is 1. The molecule has 1 amide bonds. The Hall–Kier alpha value is -2.24. The van der Waals surface area contributed by atoms with Crippen LogP contribution in [0.25, 0.3) is 0 Å².